The molecule has 2 aromatic heterocycles. The molecule has 0 aliphatic rings. The van der Waals surface area contributed by atoms with Crippen LogP contribution in [0.5, 0.6) is 0 Å². The summed E-state index contributed by atoms with van der Waals surface area (Å²) in [6, 6.07) is 5.86. The predicted octanol–water partition coefficient (Wildman–Crippen LogP) is 1.91. The number of sulfone groups is 1. The van der Waals surface area contributed by atoms with E-state index in [2.05, 4.69) is 20.4 Å². The quantitative estimate of drug-likeness (QED) is 0.462. The van der Waals surface area contributed by atoms with Crippen molar-refractivity contribution in [2.75, 3.05) is 11.0 Å². The average molecular weight is 539 g/mol. The number of carbonyl (C=O) groups excluding carboxylic acids is 1. The molecular formula is C17H14ClF3N6O5S2. The first-order valence-electron chi connectivity index (χ1n) is 8.90. The van der Waals surface area contributed by atoms with Gasteiger partial charge in [0.25, 0.3) is 5.91 Å². The maximum Gasteiger partial charge on any atom is 0.516 e. The van der Waals surface area contributed by atoms with Crippen molar-refractivity contribution >= 4 is 43.1 Å². The molecule has 0 bridgehead atoms. The first kappa shape index (κ1) is 25.4. The minimum Gasteiger partial charge on any atom is -0.345 e. The Balaban J connectivity index is 1.75. The summed E-state index contributed by atoms with van der Waals surface area (Å²) in [5.41, 5.74) is -5.94. The summed E-state index contributed by atoms with van der Waals surface area (Å²) < 4.78 is 85.8. The van der Waals surface area contributed by atoms with E-state index in [-0.39, 0.29) is 33.7 Å². The summed E-state index contributed by atoms with van der Waals surface area (Å²) in [6.45, 7) is -0.191. The highest BCUT2D eigenvalue weighted by Crippen LogP contribution is 2.25. The van der Waals surface area contributed by atoms with Gasteiger partial charge >= 0.3 is 15.5 Å². The number of rotatable bonds is 7. The number of anilines is 1. The second-order valence-electron chi connectivity index (χ2n) is 6.67. The third-order valence-electron chi connectivity index (χ3n) is 4.11. The topological polar surface area (TPSA) is 153 Å². The number of nitrogens with zero attached hydrogens (tertiary/aromatic N) is 4. The number of hydrogen-bond acceptors (Lipinski definition) is 8. The molecule has 0 unspecified atom stereocenters. The molecule has 0 saturated heterocycles. The van der Waals surface area contributed by atoms with Gasteiger partial charge in [-0.15, -0.1) is 0 Å². The third-order valence-corrected chi connectivity index (χ3v) is 6.53. The lowest BCUT2D eigenvalue weighted by atomic mass is 10.2. The summed E-state index contributed by atoms with van der Waals surface area (Å²) >= 11 is 5.90. The monoisotopic (exact) mass is 538 g/mol. The lowest BCUT2D eigenvalue weighted by Gasteiger charge is -2.11. The van der Waals surface area contributed by atoms with Crippen LogP contribution in [0.2, 0.25) is 5.02 Å². The lowest BCUT2D eigenvalue weighted by molar-refractivity contribution is -0.0429. The van der Waals surface area contributed by atoms with Gasteiger partial charge in [0.2, 0.25) is 0 Å². The van der Waals surface area contributed by atoms with Crippen LogP contribution in [0.1, 0.15) is 16.2 Å². The Bertz CT molecular complexity index is 1440. The summed E-state index contributed by atoms with van der Waals surface area (Å²) in [5, 5.41) is 6.47. The van der Waals surface area contributed by atoms with Gasteiger partial charge in [0.05, 0.1) is 23.3 Å². The number of sulfonamides is 1. The van der Waals surface area contributed by atoms with Crippen molar-refractivity contribution in [3.63, 3.8) is 0 Å². The van der Waals surface area contributed by atoms with Crippen molar-refractivity contribution in [2.24, 2.45) is 0 Å². The van der Waals surface area contributed by atoms with Crippen molar-refractivity contribution in [1.29, 1.82) is 0 Å². The number of nitrogens with one attached hydrogen (secondary N) is 2. The molecule has 2 N–H and O–H groups in total. The number of alkyl halides is 3. The van der Waals surface area contributed by atoms with Gasteiger partial charge in [-0.3, -0.25) is 9.52 Å². The predicted molar refractivity (Wildman–Crippen MR) is 113 cm³/mol. The number of pyridine rings is 1. The average Bonchev–Trinajstić information content (AvgIpc) is 3.19. The van der Waals surface area contributed by atoms with E-state index in [1.54, 1.807) is 0 Å². The van der Waals surface area contributed by atoms with Gasteiger partial charge in [-0.25, -0.2) is 18.4 Å². The number of amides is 1. The van der Waals surface area contributed by atoms with Crippen LogP contribution in [0.4, 0.5) is 18.9 Å². The zero-order chi connectivity index (χ0) is 25.3. The van der Waals surface area contributed by atoms with E-state index in [1.165, 1.54) is 22.9 Å². The van der Waals surface area contributed by atoms with Crippen LogP contribution in [0, 0.1) is 0 Å². The minimum atomic E-state index is -5.60. The number of carbonyl (C=O) groups is 1. The van der Waals surface area contributed by atoms with Gasteiger partial charge in [0.15, 0.2) is 21.5 Å². The van der Waals surface area contributed by atoms with Gasteiger partial charge < -0.3 is 5.32 Å². The third kappa shape index (κ3) is 5.81. The summed E-state index contributed by atoms with van der Waals surface area (Å²) in [4.78, 5) is 20.2. The Morgan fingerprint density at radius 1 is 1.12 bits per heavy atom. The molecule has 3 rings (SSSR count). The SMILES string of the molecule is CS(=O)(=O)c1cc(Cl)cc(C(=O)NCc2ncnn2-c2ccc(NS(=O)(=O)C(F)(F)F)cn2)c1. The Morgan fingerprint density at radius 3 is 2.41 bits per heavy atom. The molecule has 0 saturated carbocycles. The molecule has 0 aliphatic carbocycles. The molecule has 0 radical (unpaired) electrons. The molecule has 17 heteroatoms. The van der Waals surface area contributed by atoms with Gasteiger partial charge in [0, 0.05) is 16.8 Å². The highest BCUT2D eigenvalue weighted by Gasteiger charge is 2.46. The van der Waals surface area contributed by atoms with Gasteiger partial charge in [-0.1, -0.05) is 11.6 Å². The maximum atomic E-state index is 12.5. The summed E-state index contributed by atoms with van der Waals surface area (Å²) in [6.07, 6.45) is 2.95. The Morgan fingerprint density at radius 2 is 1.82 bits per heavy atom. The molecule has 1 amide bonds. The maximum absolute atomic E-state index is 12.5. The summed E-state index contributed by atoms with van der Waals surface area (Å²) in [5.74, 6) is -0.430. The van der Waals surface area contributed by atoms with E-state index in [1.807, 2.05) is 0 Å². The van der Waals surface area contributed by atoms with E-state index < -0.39 is 37.0 Å². The molecule has 11 nitrogen and oxygen atoms in total. The Kier molecular flexibility index (Phi) is 6.86. The largest absolute Gasteiger partial charge is 0.516 e. The fourth-order valence-electron chi connectivity index (χ4n) is 2.53. The fraction of sp³-hybridized carbons (Fsp3) is 0.176. The molecule has 182 valence electrons. The number of benzene rings is 1. The van der Waals surface area contributed by atoms with Crippen LogP contribution >= 0.6 is 11.6 Å². The highest BCUT2D eigenvalue weighted by molar-refractivity contribution is 7.93. The number of aromatic nitrogens is 4. The molecule has 0 aliphatic heterocycles. The first-order valence-corrected chi connectivity index (χ1v) is 12.7. The molecular weight excluding hydrogens is 525 g/mol. The van der Waals surface area contributed by atoms with E-state index in [0.29, 0.717) is 0 Å². The van der Waals surface area contributed by atoms with E-state index >= 15 is 0 Å². The van der Waals surface area contributed by atoms with Gasteiger partial charge in [-0.05, 0) is 30.3 Å². The minimum absolute atomic E-state index is 0.0154. The van der Waals surface area contributed by atoms with Crippen molar-refractivity contribution in [1.82, 2.24) is 25.1 Å². The highest BCUT2D eigenvalue weighted by atomic mass is 35.5. The van der Waals surface area contributed by atoms with Crippen molar-refractivity contribution in [2.45, 2.75) is 16.9 Å². The molecule has 0 atom stereocenters. The van der Waals surface area contributed by atoms with Crippen LogP contribution in [0.15, 0.2) is 47.8 Å². The zero-order valence-corrected chi connectivity index (χ0v) is 19.3. The molecule has 3 aromatic rings. The molecule has 0 fully saturated rings. The second-order valence-corrected chi connectivity index (χ2v) is 10.8. The van der Waals surface area contributed by atoms with Crippen LogP contribution < -0.4 is 10.0 Å². The zero-order valence-electron chi connectivity index (χ0n) is 16.9. The smallest absolute Gasteiger partial charge is 0.345 e. The molecule has 2 heterocycles. The van der Waals surface area contributed by atoms with Crippen LogP contribution in [-0.4, -0.2) is 54.3 Å². The Labute approximate surface area is 195 Å². The number of halogens is 4. The lowest BCUT2D eigenvalue weighted by Crippen LogP contribution is -2.30. The van der Waals surface area contributed by atoms with E-state index in [0.717, 1.165) is 35.6 Å². The van der Waals surface area contributed by atoms with E-state index in [9.17, 15) is 34.8 Å². The van der Waals surface area contributed by atoms with Crippen LogP contribution in [0.25, 0.3) is 5.82 Å². The second kappa shape index (κ2) is 9.19. The van der Waals surface area contributed by atoms with E-state index in [4.69, 9.17) is 11.6 Å². The van der Waals surface area contributed by atoms with Crippen molar-refractivity contribution < 1.29 is 34.8 Å². The molecule has 34 heavy (non-hydrogen) atoms. The van der Waals surface area contributed by atoms with Gasteiger partial charge in [-0.2, -0.15) is 31.4 Å². The van der Waals surface area contributed by atoms with Crippen LogP contribution in [0.3, 0.4) is 0 Å². The van der Waals surface area contributed by atoms with Crippen LogP contribution in [-0.2, 0) is 26.4 Å². The molecule has 1 aromatic carbocycles. The number of hydrogen-bond donors (Lipinski definition) is 2. The van der Waals surface area contributed by atoms with Gasteiger partial charge in [0.1, 0.15) is 6.33 Å². The summed E-state index contributed by atoms with van der Waals surface area (Å²) in [7, 11) is -9.21. The fourth-order valence-corrected chi connectivity index (χ4v) is 4.06. The van der Waals surface area contributed by atoms with Crippen molar-refractivity contribution in [3.05, 3.63) is 59.3 Å². The van der Waals surface area contributed by atoms with Crippen molar-refractivity contribution in [3.8, 4) is 5.82 Å². The normalized spacial score (nSPS) is 12.4. The molecule has 0 spiro atoms. The Hall–Kier alpha value is -3.24. The first-order chi connectivity index (χ1) is 15.7. The standard InChI is InChI=1S/C17H14ClF3N6O5S2/c1-33(29,30)13-5-10(4-11(18)6-13)16(28)23-8-15-24-9-25-27(15)14-3-2-12(7-22-14)26-34(31,32)17(19,20)21/h2-7,9,26H,8H2,1H3,(H,23,28).